The predicted molar refractivity (Wildman–Crippen MR) is 60.5 cm³/mol. The van der Waals surface area contributed by atoms with Gasteiger partial charge in [0.25, 0.3) is 0 Å². The Morgan fingerprint density at radius 2 is 2.36 bits per heavy atom. The minimum atomic E-state index is 0.0455. The maximum atomic E-state index is 5.68. The molecule has 0 aliphatic carbocycles. The third kappa shape index (κ3) is 3.81. The molecule has 14 heavy (non-hydrogen) atoms. The van der Waals surface area contributed by atoms with E-state index in [0.29, 0.717) is 12.1 Å². The first-order valence-electron chi connectivity index (χ1n) is 5.54. The summed E-state index contributed by atoms with van der Waals surface area (Å²) in [5.74, 6) is 0. The molecule has 82 valence electrons. The van der Waals surface area contributed by atoms with Gasteiger partial charge in [0.05, 0.1) is 5.60 Å². The summed E-state index contributed by atoms with van der Waals surface area (Å²) < 4.78 is 5.68. The summed E-state index contributed by atoms with van der Waals surface area (Å²) in [4.78, 5) is 0. The quantitative estimate of drug-likeness (QED) is 0.699. The van der Waals surface area contributed by atoms with Crippen LogP contribution in [0.1, 0.15) is 40.0 Å². The second kappa shape index (κ2) is 4.94. The maximum absolute atomic E-state index is 5.68. The van der Waals surface area contributed by atoms with E-state index in [1.54, 1.807) is 0 Å². The molecule has 0 aromatic carbocycles. The molecule has 2 nitrogen and oxygen atoms in total. The van der Waals surface area contributed by atoms with Crippen LogP contribution in [0.25, 0.3) is 0 Å². The maximum Gasteiger partial charge on any atom is 0.0641 e. The third-order valence-electron chi connectivity index (χ3n) is 2.74. The van der Waals surface area contributed by atoms with E-state index < -0.39 is 0 Å². The molecule has 2 unspecified atom stereocenters. The van der Waals surface area contributed by atoms with Crippen molar-refractivity contribution in [3.8, 4) is 0 Å². The zero-order valence-corrected chi connectivity index (χ0v) is 9.68. The standard InChI is InChI=1S/C12H23NO/c1-5-6-10(2)13-11-7-8-14-12(3,4)9-11/h5,10-11,13H,1,6-9H2,2-4H3. The predicted octanol–water partition coefficient (Wildman–Crippen LogP) is 2.50. The highest BCUT2D eigenvalue weighted by molar-refractivity contribution is 4.85. The Kier molecular flexibility index (Phi) is 4.14. The second-order valence-corrected chi connectivity index (χ2v) is 4.89. The van der Waals surface area contributed by atoms with Gasteiger partial charge in [-0.25, -0.2) is 0 Å². The zero-order chi connectivity index (χ0) is 10.6. The van der Waals surface area contributed by atoms with E-state index in [1.807, 2.05) is 6.08 Å². The lowest BCUT2D eigenvalue weighted by atomic mass is 9.93. The monoisotopic (exact) mass is 197 g/mol. The fraction of sp³-hybridized carbons (Fsp3) is 0.833. The van der Waals surface area contributed by atoms with Gasteiger partial charge in [0.2, 0.25) is 0 Å². The summed E-state index contributed by atoms with van der Waals surface area (Å²) in [5, 5.41) is 3.62. The van der Waals surface area contributed by atoms with Crippen LogP contribution in [0, 0.1) is 0 Å². The van der Waals surface area contributed by atoms with Gasteiger partial charge in [-0.2, -0.15) is 0 Å². The van der Waals surface area contributed by atoms with Crippen LogP contribution in [0.2, 0.25) is 0 Å². The SMILES string of the molecule is C=CCC(C)NC1CCOC(C)(C)C1. The molecule has 1 fully saturated rings. The molecule has 0 saturated carbocycles. The highest BCUT2D eigenvalue weighted by Crippen LogP contribution is 2.24. The Hall–Kier alpha value is -0.340. The van der Waals surface area contributed by atoms with Crippen LogP contribution in [-0.2, 0) is 4.74 Å². The average molecular weight is 197 g/mol. The van der Waals surface area contributed by atoms with E-state index in [4.69, 9.17) is 4.74 Å². The molecule has 0 aromatic rings. The van der Waals surface area contributed by atoms with Crippen molar-refractivity contribution in [3.63, 3.8) is 0 Å². The molecular formula is C12H23NO. The molecule has 1 saturated heterocycles. The van der Waals surface area contributed by atoms with E-state index >= 15 is 0 Å². The second-order valence-electron chi connectivity index (χ2n) is 4.89. The molecule has 0 amide bonds. The molecule has 0 bridgehead atoms. The van der Waals surface area contributed by atoms with Gasteiger partial charge in [-0.3, -0.25) is 0 Å². The van der Waals surface area contributed by atoms with Gasteiger partial charge in [0, 0.05) is 18.7 Å². The summed E-state index contributed by atoms with van der Waals surface area (Å²) in [6.45, 7) is 11.2. The van der Waals surface area contributed by atoms with Gasteiger partial charge in [-0.15, -0.1) is 6.58 Å². The molecule has 2 heteroatoms. The fourth-order valence-corrected chi connectivity index (χ4v) is 2.09. The average Bonchev–Trinajstić information content (AvgIpc) is 2.02. The summed E-state index contributed by atoms with van der Waals surface area (Å²) in [6, 6.07) is 1.14. The smallest absolute Gasteiger partial charge is 0.0641 e. The van der Waals surface area contributed by atoms with E-state index in [2.05, 4.69) is 32.7 Å². The van der Waals surface area contributed by atoms with E-state index in [0.717, 1.165) is 25.9 Å². The van der Waals surface area contributed by atoms with Gasteiger partial charge < -0.3 is 10.1 Å². The minimum absolute atomic E-state index is 0.0455. The molecule has 1 aliphatic rings. The Labute approximate surface area is 87.7 Å². The van der Waals surface area contributed by atoms with Crippen molar-refractivity contribution in [2.75, 3.05) is 6.61 Å². The lowest BCUT2D eigenvalue weighted by Crippen LogP contribution is -2.46. The van der Waals surface area contributed by atoms with Gasteiger partial charge in [0.1, 0.15) is 0 Å². The fourth-order valence-electron chi connectivity index (χ4n) is 2.09. The number of nitrogens with one attached hydrogen (secondary N) is 1. The molecule has 2 atom stereocenters. The van der Waals surface area contributed by atoms with E-state index in [9.17, 15) is 0 Å². The molecule has 0 aromatic heterocycles. The van der Waals surface area contributed by atoms with Crippen molar-refractivity contribution in [1.82, 2.24) is 5.32 Å². The minimum Gasteiger partial charge on any atom is -0.375 e. The van der Waals surface area contributed by atoms with E-state index in [1.165, 1.54) is 0 Å². The summed E-state index contributed by atoms with van der Waals surface area (Å²) >= 11 is 0. The number of rotatable bonds is 4. The molecule has 1 rings (SSSR count). The van der Waals surface area contributed by atoms with Gasteiger partial charge >= 0.3 is 0 Å². The normalized spacial score (nSPS) is 28.4. The van der Waals surface area contributed by atoms with Crippen molar-refractivity contribution in [2.24, 2.45) is 0 Å². The number of hydrogen-bond acceptors (Lipinski definition) is 2. The summed E-state index contributed by atoms with van der Waals surface area (Å²) in [6.07, 6.45) is 5.25. The van der Waals surface area contributed by atoms with Crippen LogP contribution in [0.4, 0.5) is 0 Å². The molecule has 1 N–H and O–H groups in total. The Bertz CT molecular complexity index is 189. The molecule has 1 aliphatic heterocycles. The Balaban J connectivity index is 2.34. The van der Waals surface area contributed by atoms with Gasteiger partial charge in [-0.1, -0.05) is 6.08 Å². The lowest BCUT2D eigenvalue weighted by molar-refractivity contribution is -0.0638. The van der Waals surface area contributed by atoms with Crippen LogP contribution in [0.5, 0.6) is 0 Å². The number of ether oxygens (including phenoxy) is 1. The Morgan fingerprint density at radius 1 is 1.64 bits per heavy atom. The lowest BCUT2D eigenvalue weighted by Gasteiger charge is -2.37. The van der Waals surface area contributed by atoms with Crippen molar-refractivity contribution in [1.29, 1.82) is 0 Å². The highest BCUT2D eigenvalue weighted by atomic mass is 16.5. The van der Waals surface area contributed by atoms with Crippen molar-refractivity contribution in [2.45, 2.75) is 57.7 Å². The van der Waals surface area contributed by atoms with Crippen LogP contribution in [0.3, 0.4) is 0 Å². The van der Waals surface area contributed by atoms with Crippen LogP contribution in [0.15, 0.2) is 12.7 Å². The molecule has 0 radical (unpaired) electrons. The van der Waals surface area contributed by atoms with E-state index in [-0.39, 0.29) is 5.60 Å². The van der Waals surface area contributed by atoms with Crippen molar-refractivity contribution >= 4 is 0 Å². The summed E-state index contributed by atoms with van der Waals surface area (Å²) in [5.41, 5.74) is 0.0455. The van der Waals surface area contributed by atoms with Crippen molar-refractivity contribution < 1.29 is 4.74 Å². The highest BCUT2D eigenvalue weighted by Gasteiger charge is 2.28. The third-order valence-corrected chi connectivity index (χ3v) is 2.74. The van der Waals surface area contributed by atoms with Crippen molar-refractivity contribution in [3.05, 3.63) is 12.7 Å². The zero-order valence-electron chi connectivity index (χ0n) is 9.68. The van der Waals surface area contributed by atoms with Gasteiger partial charge in [0.15, 0.2) is 0 Å². The number of hydrogen-bond donors (Lipinski definition) is 1. The van der Waals surface area contributed by atoms with Crippen LogP contribution < -0.4 is 5.32 Å². The topological polar surface area (TPSA) is 21.3 Å². The van der Waals surface area contributed by atoms with Crippen LogP contribution in [-0.4, -0.2) is 24.3 Å². The largest absolute Gasteiger partial charge is 0.375 e. The first-order chi connectivity index (χ1) is 6.53. The first kappa shape index (κ1) is 11.7. The first-order valence-corrected chi connectivity index (χ1v) is 5.54. The molecule has 1 heterocycles. The molecular weight excluding hydrogens is 174 g/mol. The van der Waals surface area contributed by atoms with Gasteiger partial charge in [-0.05, 0) is 40.0 Å². The Morgan fingerprint density at radius 3 is 2.93 bits per heavy atom. The summed E-state index contributed by atoms with van der Waals surface area (Å²) in [7, 11) is 0. The molecule has 0 spiro atoms. The van der Waals surface area contributed by atoms with Crippen LogP contribution >= 0.6 is 0 Å².